The number of amides is 1. The summed E-state index contributed by atoms with van der Waals surface area (Å²) in [4.78, 5) is 14.9. The van der Waals surface area contributed by atoms with Crippen LogP contribution in [0.25, 0.3) is 0 Å². The third kappa shape index (κ3) is 4.06. The fourth-order valence-corrected chi connectivity index (χ4v) is 4.98. The number of aryl methyl sites for hydroxylation is 2. The number of benzene rings is 2. The molecular formula is C21H26N2O3S. The molecule has 2 aromatic carbocycles. The summed E-state index contributed by atoms with van der Waals surface area (Å²) in [6.07, 6.45) is 1.39. The molecule has 1 aliphatic heterocycles. The Morgan fingerprint density at radius 3 is 2.44 bits per heavy atom. The number of carbonyl (C=O) groups excluding carboxylic acids is 1. The van der Waals surface area contributed by atoms with Crippen LogP contribution < -0.4 is 4.90 Å². The van der Waals surface area contributed by atoms with Gasteiger partial charge >= 0.3 is 0 Å². The van der Waals surface area contributed by atoms with E-state index in [4.69, 9.17) is 0 Å². The number of rotatable bonds is 4. The van der Waals surface area contributed by atoms with Gasteiger partial charge in [-0.1, -0.05) is 24.3 Å². The molecule has 2 aromatic rings. The molecule has 5 nitrogen and oxygen atoms in total. The second kappa shape index (κ2) is 7.82. The SMILES string of the molecule is Cc1ccc(N(C)C(=O)C2CCCN(S(=O)(=O)c3ccccc3)C2)cc1C. The molecule has 3 rings (SSSR count). The van der Waals surface area contributed by atoms with E-state index in [0.29, 0.717) is 19.4 Å². The Morgan fingerprint density at radius 1 is 1.07 bits per heavy atom. The zero-order chi connectivity index (χ0) is 19.6. The zero-order valence-electron chi connectivity index (χ0n) is 16.1. The lowest BCUT2D eigenvalue weighted by Gasteiger charge is -2.33. The first-order chi connectivity index (χ1) is 12.8. The molecule has 1 unspecified atom stereocenters. The van der Waals surface area contributed by atoms with Crippen LogP contribution in [0.5, 0.6) is 0 Å². The van der Waals surface area contributed by atoms with Crippen molar-refractivity contribution in [3.8, 4) is 0 Å². The van der Waals surface area contributed by atoms with Crippen LogP contribution >= 0.6 is 0 Å². The molecule has 0 radical (unpaired) electrons. The Balaban J connectivity index is 1.77. The molecule has 0 spiro atoms. The highest BCUT2D eigenvalue weighted by Crippen LogP contribution is 2.27. The summed E-state index contributed by atoms with van der Waals surface area (Å²) in [6.45, 7) is 4.74. The molecule has 1 saturated heterocycles. The third-order valence-electron chi connectivity index (χ3n) is 5.32. The first kappa shape index (κ1) is 19.6. The highest BCUT2D eigenvalue weighted by molar-refractivity contribution is 7.89. The van der Waals surface area contributed by atoms with E-state index < -0.39 is 10.0 Å². The predicted molar refractivity (Wildman–Crippen MR) is 107 cm³/mol. The first-order valence-corrected chi connectivity index (χ1v) is 10.6. The lowest BCUT2D eigenvalue weighted by Crippen LogP contribution is -2.45. The average Bonchev–Trinajstić information content (AvgIpc) is 2.69. The van der Waals surface area contributed by atoms with Crippen molar-refractivity contribution in [1.82, 2.24) is 4.31 Å². The van der Waals surface area contributed by atoms with E-state index in [0.717, 1.165) is 11.3 Å². The first-order valence-electron chi connectivity index (χ1n) is 9.20. The van der Waals surface area contributed by atoms with Gasteiger partial charge in [0, 0.05) is 25.8 Å². The Hall–Kier alpha value is -2.18. The van der Waals surface area contributed by atoms with Gasteiger partial charge in [-0.3, -0.25) is 4.79 Å². The van der Waals surface area contributed by atoms with Crippen LogP contribution in [0.4, 0.5) is 5.69 Å². The van der Waals surface area contributed by atoms with Gasteiger partial charge < -0.3 is 4.90 Å². The number of piperidine rings is 1. The van der Waals surface area contributed by atoms with Crippen LogP contribution in [0.15, 0.2) is 53.4 Å². The highest BCUT2D eigenvalue weighted by Gasteiger charge is 2.34. The number of hydrogen-bond acceptors (Lipinski definition) is 3. The van der Waals surface area contributed by atoms with Crippen molar-refractivity contribution in [2.45, 2.75) is 31.6 Å². The van der Waals surface area contributed by atoms with Crippen LogP contribution in [0.2, 0.25) is 0 Å². The van der Waals surface area contributed by atoms with E-state index in [-0.39, 0.29) is 23.3 Å². The number of nitrogens with zero attached hydrogens (tertiary/aromatic N) is 2. The van der Waals surface area contributed by atoms with Gasteiger partial charge in [0.05, 0.1) is 10.8 Å². The van der Waals surface area contributed by atoms with Crippen LogP contribution in [-0.4, -0.2) is 38.8 Å². The standard InChI is InChI=1S/C21H26N2O3S/c1-16-11-12-19(14-17(16)2)22(3)21(24)18-8-7-13-23(15-18)27(25,26)20-9-5-4-6-10-20/h4-6,9-12,14,18H,7-8,13,15H2,1-3H3. The van der Waals surface area contributed by atoms with Gasteiger partial charge in [-0.15, -0.1) is 0 Å². The van der Waals surface area contributed by atoms with Crippen molar-refractivity contribution in [2.75, 3.05) is 25.0 Å². The van der Waals surface area contributed by atoms with Crippen LogP contribution in [0.3, 0.4) is 0 Å². The van der Waals surface area contributed by atoms with E-state index in [9.17, 15) is 13.2 Å². The summed E-state index contributed by atoms with van der Waals surface area (Å²) in [5.74, 6) is -0.366. The van der Waals surface area contributed by atoms with Crippen molar-refractivity contribution >= 4 is 21.6 Å². The Bertz CT molecular complexity index is 926. The largest absolute Gasteiger partial charge is 0.315 e. The van der Waals surface area contributed by atoms with Crippen molar-refractivity contribution < 1.29 is 13.2 Å². The van der Waals surface area contributed by atoms with Gasteiger partial charge in [0.2, 0.25) is 15.9 Å². The van der Waals surface area contributed by atoms with E-state index in [2.05, 4.69) is 0 Å². The molecule has 1 heterocycles. The summed E-state index contributed by atoms with van der Waals surface area (Å²) < 4.78 is 27.2. The number of hydrogen-bond donors (Lipinski definition) is 0. The molecule has 144 valence electrons. The minimum atomic E-state index is -3.57. The summed E-state index contributed by atoms with van der Waals surface area (Å²) in [7, 11) is -1.81. The molecule has 1 aliphatic rings. The molecule has 0 saturated carbocycles. The minimum Gasteiger partial charge on any atom is -0.315 e. The quantitative estimate of drug-likeness (QED) is 0.810. The van der Waals surface area contributed by atoms with Crippen molar-refractivity contribution in [1.29, 1.82) is 0 Å². The third-order valence-corrected chi connectivity index (χ3v) is 7.20. The highest BCUT2D eigenvalue weighted by atomic mass is 32.2. The summed E-state index contributed by atoms with van der Waals surface area (Å²) in [5.41, 5.74) is 3.15. The maximum Gasteiger partial charge on any atom is 0.243 e. The molecular weight excluding hydrogens is 360 g/mol. The summed E-state index contributed by atoms with van der Waals surface area (Å²) in [6, 6.07) is 14.3. The lowest BCUT2D eigenvalue weighted by molar-refractivity contribution is -0.123. The molecule has 0 aliphatic carbocycles. The zero-order valence-corrected chi connectivity index (χ0v) is 16.9. The van der Waals surface area contributed by atoms with Crippen molar-refractivity contribution in [2.24, 2.45) is 5.92 Å². The van der Waals surface area contributed by atoms with Gasteiger partial charge in [0.15, 0.2) is 0 Å². The molecule has 1 amide bonds. The monoisotopic (exact) mass is 386 g/mol. The Labute approximate surface area is 161 Å². The molecule has 1 fully saturated rings. The van der Waals surface area contributed by atoms with Gasteiger partial charge in [0.1, 0.15) is 0 Å². The number of carbonyl (C=O) groups is 1. The van der Waals surface area contributed by atoms with Crippen LogP contribution in [0, 0.1) is 19.8 Å². The predicted octanol–water partition coefficient (Wildman–Crippen LogP) is 3.37. The smallest absolute Gasteiger partial charge is 0.243 e. The molecule has 1 atom stereocenters. The molecule has 0 N–H and O–H groups in total. The average molecular weight is 387 g/mol. The van der Waals surface area contributed by atoms with Crippen LogP contribution in [-0.2, 0) is 14.8 Å². The number of anilines is 1. The second-order valence-corrected chi connectivity index (χ2v) is 9.12. The fourth-order valence-electron chi connectivity index (χ4n) is 3.44. The normalized spacial score (nSPS) is 18.3. The van der Waals surface area contributed by atoms with E-state index >= 15 is 0 Å². The van der Waals surface area contributed by atoms with E-state index in [1.165, 1.54) is 9.87 Å². The Kier molecular flexibility index (Phi) is 5.67. The van der Waals surface area contributed by atoms with Crippen molar-refractivity contribution in [3.63, 3.8) is 0 Å². The summed E-state index contributed by atoms with van der Waals surface area (Å²) >= 11 is 0. The maximum absolute atomic E-state index is 13.0. The molecule has 0 bridgehead atoms. The van der Waals surface area contributed by atoms with Gasteiger partial charge in [-0.05, 0) is 62.1 Å². The van der Waals surface area contributed by atoms with E-state index in [1.807, 2.05) is 32.0 Å². The number of sulfonamides is 1. The lowest BCUT2D eigenvalue weighted by atomic mass is 9.98. The molecule has 6 heteroatoms. The molecule has 0 aromatic heterocycles. The van der Waals surface area contributed by atoms with E-state index in [1.54, 1.807) is 42.3 Å². The Morgan fingerprint density at radius 2 is 1.78 bits per heavy atom. The van der Waals surface area contributed by atoms with Crippen molar-refractivity contribution in [3.05, 3.63) is 59.7 Å². The second-order valence-electron chi connectivity index (χ2n) is 7.18. The van der Waals surface area contributed by atoms with Gasteiger partial charge in [-0.25, -0.2) is 8.42 Å². The van der Waals surface area contributed by atoms with Crippen LogP contribution in [0.1, 0.15) is 24.0 Å². The minimum absolute atomic E-state index is 0.0359. The van der Waals surface area contributed by atoms with Gasteiger partial charge in [-0.2, -0.15) is 4.31 Å². The van der Waals surface area contributed by atoms with Gasteiger partial charge in [0.25, 0.3) is 0 Å². The maximum atomic E-state index is 13.0. The summed E-state index contributed by atoms with van der Waals surface area (Å²) in [5, 5.41) is 0. The fraction of sp³-hybridized carbons (Fsp3) is 0.381. The topological polar surface area (TPSA) is 57.7 Å². The molecule has 27 heavy (non-hydrogen) atoms.